The maximum Gasteiger partial charge on any atom is 0.180 e. The molecule has 14 heavy (non-hydrogen) atoms. The Morgan fingerprint density at radius 2 is 2.00 bits per heavy atom. The molecule has 4 heteroatoms. The molecule has 0 radical (unpaired) electrons. The summed E-state index contributed by atoms with van der Waals surface area (Å²) in [7, 11) is 0. The molecule has 1 rings (SSSR count). The highest BCUT2D eigenvalue weighted by Gasteiger charge is 2.06. The van der Waals surface area contributed by atoms with Gasteiger partial charge in [0.05, 0.1) is 5.69 Å². The van der Waals surface area contributed by atoms with Gasteiger partial charge in [-0.15, -0.1) is 11.3 Å². The van der Waals surface area contributed by atoms with Gasteiger partial charge in [-0.3, -0.25) is 0 Å². The van der Waals surface area contributed by atoms with E-state index in [9.17, 15) is 0 Å². The quantitative estimate of drug-likeness (QED) is 0.812. The molecule has 1 aromatic rings. The molecule has 0 saturated heterocycles. The van der Waals surface area contributed by atoms with Crippen LogP contribution in [0.4, 0.5) is 5.13 Å². The van der Waals surface area contributed by atoms with Gasteiger partial charge in [-0.2, -0.15) is 0 Å². The van der Waals surface area contributed by atoms with Crippen LogP contribution >= 0.6 is 11.3 Å². The molecule has 0 bridgehead atoms. The van der Waals surface area contributed by atoms with Crippen molar-refractivity contribution in [3.8, 4) is 0 Å². The van der Waals surface area contributed by atoms with E-state index < -0.39 is 0 Å². The lowest BCUT2D eigenvalue weighted by Gasteiger charge is -2.17. The van der Waals surface area contributed by atoms with Gasteiger partial charge in [0, 0.05) is 11.4 Å². The van der Waals surface area contributed by atoms with E-state index in [2.05, 4.69) is 23.7 Å². The Bertz CT molecular complexity index is 279. The Morgan fingerprint density at radius 3 is 2.43 bits per heavy atom. The molecular formula is C10H19N3S. The number of hydrogen-bond acceptors (Lipinski definition) is 4. The van der Waals surface area contributed by atoms with Crippen molar-refractivity contribution in [2.45, 2.75) is 27.2 Å². The number of nitrogens with two attached hydrogens (primary N) is 1. The Labute approximate surface area is 89.9 Å². The highest BCUT2D eigenvalue weighted by Crippen LogP contribution is 2.20. The van der Waals surface area contributed by atoms with Crippen molar-refractivity contribution in [2.24, 2.45) is 0 Å². The number of thiazole rings is 1. The number of aromatic nitrogens is 1. The van der Waals surface area contributed by atoms with E-state index in [4.69, 9.17) is 5.73 Å². The summed E-state index contributed by atoms with van der Waals surface area (Å²) in [5.74, 6) is 0. The topological polar surface area (TPSA) is 42.1 Å². The second-order valence-corrected chi connectivity index (χ2v) is 4.45. The van der Waals surface area contributed by atoms with Crippen LogP contribution in [0.2, 0.25) is 0 Å². The van der Waals surface area contributed by atoms with Crippen molar-refractivity contribution in [3.63, 3.8) is 0 Å². The van der Waals surface area contributed by atoms with E-state index in [1.165, 1.54) is 4.88 Å². The molecule has 0 aliphatic rings. The fraction of sp³-hybridized carbons (Fsp3) is 0.700. The van der Waals surface area contributed by atoms with Crippen LogP contribution in [0.15, 0.2) is 0 Å². The van der Waals surface area contributed by atoms with Crippen LogP contribution < -0.4 is 5.73 Å². The SMILES string of the molecule is CCN(CC)CCc1sc(N)nc1C. The third kappa shape index (κ3) is 2.96. The summed E-state index contributed by atoms with van der Waals surface area (Å²) in [5, 5.41) is 0.692. The number of nitrogens with zero attached hydrogens (tertiary/aromatic N) is 2. The summed E-state index contributed by atoms with van der Waals surface area (Å²) < 4.78 is 0. The molecule has 0 spiro atoms. The smallest absolute Gasteiger partial charge is 0.180 e. The molecule has 0 fully saturated rings. The average Bonchev–Trinajstić information content (AvgIpc) is 2.47. The fourth-order valence-corrected chi connectivity index (χ4v) is 2.30. The summed E-state index contributed by atoms with van der Waals surface area (Å²) in [5.41, 5.74) is 6.74. The zero-order valence-corrected chi connectivity index (χ0v) is 10.0. The van der Waals surface area contributed by atoms with Crippen LogP contribution in [-0.2, 0) is 6.42 Å². The molecule has 1 aromatic heterocycles. The Kier molecular flexibility index (Phi) is 4.35. The van der Waals surface area contributed by atoms with E-state index in [1.54, 1.807) is 11.3 Å². The van der Waals surface area contributed by atoms with Crippen LogP contribution in [0.25, 0.3) is 0 Å². The summed E-state index contributed by atoms with van der Waals surface area (Å²) in [6.07, 6.45) is 1.07. The van der Waals surface area contributed by atoms with Crippen molar-refractivity contribution in [1.29, 1.82) is 0 Å². The van der Waals surface area contributed by atoms with E-state index >= 15 is 0 Å². The monoisotopic (exact) mass is 213 g/mol. The van der Waals surface area contributed by atoms with Crippen molar-refractivity contribution < 1.29 is 0 Å². The van der Waals surface area contributed by atoms with Crippen LogP contribution in [0.5, 0.6) is 0 Å². The second-order valence-electron chi connectivity index (χ2n) is 3.34. The average molecular weight is 213 g/mol. The normalized spacial score (nSPS) is 11.1. The molecule has 0 atom stereocenters. The van der Waals surface area contributed by atoms with Crippen LogP contribution in [-0.4, -0.2) is 29.5 Å². The number of nitrogen functional groups attached to an aromatic ring is 1. The number of rotatable bonds is 5. The van der Waals surface area contributed by atoms with E-state index in [1.807, 2.05) is 6.92 Å². The first-order valence-electron chi connectivity index (χ1n) is 5.11. The van der Waals surface area contributed by atoms with Gasteiger partial charge in [-0.05, 0) is 26.4 Å². The van der Waals surface area contributed by atoms with Gasteiger partial charge in [0.2, 0.25) is 0 Å². The van der Waals surface area contributed by atoms with Gasteiger partial charge in [-0.25, -0.2) is 4.98 Å². The summed E-state index contributed by atoms with van der Waals surface area (Å²) in [6, 6.07) is 0. The van der Waals surface area contributed by atoms with Crippen molar-refractivity contribution in [1.82, 2.24) is 9.88 Å². The van der Waals surface area contributed by atoms with Crippen molar-refractivity contribution in [3.05, 3.63) is 10.6 Å². The minimum atomic E-state index is 0.692. The zero-order chi connectivity index (χ0) is 10.6. The lowest BCUT2D eigenvalue weighted by atomic mass is 10.3. The molecule has 0 aliphatic heterocycles. The Hall–Kier alpha value is -0.610. The molecule has 80 valence electrons. The number of hydrogen-bond donors (Lipinski definition) is 1. The molecule has 0 aromatic carbocycles. The van der Waals surface area contributed by atoms with E-state index in [0.717, 1.165) is 31.7 Å². The lowest BCUT2D eigenvalue weighted by Crippen LogP contribution is -2.25. The predicted molar refractivity (Wildman–Crippen MR) is 62.8 cm³/mol. The van der Waals surface area contributed by atoms with Gasteiger partial charge >= 0.3 is 0 Å². The highest BCUT2D eigenvalue weighted by atomic mass is 32.1. The Morgan fingerprint density at radius 1 is 1.36 bits per heavy atom. The van der Waals surface area contributed by atoms with Crippen LogP contribution in [0.1, 0.15) is 24.4 Å². The predicted octanol–water partition coefficient (Wildman–Crippen LogP) is 1.92. The van der Waals surface area contributed by atoms with Gasteiger partial charge in [0.25, 0.3) is 0 Å². The second kappa shape index (κ2) is 5.32. The van der Waals surface area contributed by atoms with Gasteiger partial charge in [0.1, 0.15) is 0 Å². The zero-order valence-electron chi connectivity index (χ0n) is 9.21. The molecule has 2 N–H and O–H groups in total. The standard InChI is InChI=1S/C10H19N3S/c1-4-13(5-2)7-6-9-8(3)12-10(11)14-9/h4-7H2,1-3H3,(H2,11,12). The van der Waals surface area contributed by atoms with E-state index in [-0.39, 0.29) is 0 Å². The molecule has 0 amide bonds. The largest absolute Gasteiger partial charge is 0.375 e. The summed E-state index contributed by atoms with van der Waals surface area (Å²) in [6.45, 7) is 9.75. The third-order valence-electron chi connectivity index (χ3n) is 2.46. The van der Waals surface area contributed by atoms with Crippen LogP contribution in [0, 0.1) is 6.92 Å². The number of anilines is 1. The van der Waals surface area contributed by atoms with Gasteiger partial charge in [0.15, 0.2) is 5.13 Å². The first-order chi connectivity index (χ1) is 6.67. The lowest BCUT2D eigenvalue weighted by molar-refractivity contribution is 0.308. The molecule has 0 saturated carbocycles. The maximum atomic E-state index is 5.64. The Balaban J connectivity index is 2.48. The van der Waals surface area contributed by atoms with Gasteiger partial charge < -0.3 is 10.6 Å². The van der Waals surface area contributed by atoms with Crippen molar-refractivity contribution in [2.75, 3.05) is 25.4 Å². The first-order valence-corrected chi connectivity index (χ1v) is 5.93. The maximum absolute atomic E-state index is 5.64. The minimum Gasteiger partial charge on any atom is -0.375 e. The highest BCUT2D eigenvalue weighted by molar-refractivity contribution is 7.15. The molecular weight excluding hydrogens is 194 g/mol. The van der Waals surface area contributed by atoms with Crippen molar-refractivity contribution >= 4 is 16.5 Å². The number of likely N-dealkylation sites (N-methyl/N-ethyl adjacent to an activating group) is 1. The molecule has 3 nitrogen and oxygen atoms in total. The summed E-state index contributed by atoms with van der Waals surface area (Å²) >= 11 is 1.62. The molecule has 0 unspecified atom stereocenters. The summed E-state index contributed by atoms with van der Waals surface area (Å²) in [4.78, 5) is 7.96. The minimum absolute atomic E-state index is 0.692. The van der Waals surface area contributed by atoms with Crippen LogP contribution in [0.3, 0.4) is 0 Å². The first kappa shape index (κ1) is 11.5. The molecule has 0 aliphatic carbocycles. The number of aryl methyl sites for hydroxylation is 1. The molecule has 1 heterocycles. The van der Waals surface area contributed by atoms with E-state index in [0.29, 0.717) is 5.13 Å². The fourth-order valence-electron chi connectivity index (χ4n) is 1.48. The third-order valence-corrected chi connectivity index (χ3v) is 3.51. The van der Waals surface area contributed by atoms with Gasteiger partial charge in [-0.1, -0.05) is 13.8 Å².